The van der Waals surface area contributed by atoms with E-state index >= 15 is 0 Å². The summed E-state index contributed by atoms with van der Waals surface area (Å²) in [6.07, 6.45) is 1.55. The molecule has 1 N–H and O–H groups in total. The van der Waals surface area contributed by atoms with Gasteiger partial charge >= 0.3 is 5.97 Å². The second-order valence-corrected chi connectivity index (χ2v) is 6.97. The molecule has 0 unspecified atom stereocenters. The van der Waals surface area contributed by atoms with E-state index < -0.39 is 18.5 Å². The number of anilines is 1. The lowest BCUT2D eigenvalue weighted by molar-refractivity contribution is -0.119. The van der Waals surface area contributed by atoms with Crippen molar-refractivity contribution in [2.24, 2.45) is 0 Å². The Bertz CT molecular complexity index is 693. The Morgan fingerprint density at radius 1 is 1.38 bits per heavy atom. The molecule has 110 valence electrons. The molecule has 9 heteroatoms. The zero-order valence-corrected chi connectivity index (χ0v) is 14.1. The van der Waals surface area contributed by atoms with Crippen LogP contribution < -0.4 is 5.32 Å². The summed E-state index contributed by atoms with van der Waals surface area (Å²) in [7, 11) is 0. The average Bonchev–Trinajstić information content (AvgIpc) is 2.84. The average molecular weight is 410 g/mol. The minimum Gasteiger partial charge on any atom is -0.452 e. The molecule has 1 aromatic heterocycles. The van der Waals surface area contributed by atoms with Crippen molar-refractivity contribution < 1.29 is 14.3 Å². The van der Waals surface area contributed by atoms with E-state index in [0.29, 0.717) is 10.2 Å². The summed E-state index contributed by atoms with van der Waals surface area (Å²) in [5.41, 5.74) is 0.106. The molecule has 1 amide bonds. The number of hydrogen-bond acceptors (Lipinski definition) is 5. The van der Waals surface area contributed by atoms with E-state index in [1.165, 1.54) is 23.5 Å². The predicted octanol–water partition coefficient (Wildman–Crippen LogP) is 4.01. The van der Waals surface area contributed by atoms with E-state index in [4.69, 9.17) is 27.9 Å². The van der Waals surface area contributed by atoms with Crippen molar-refractivity contribution in [2.45, 2.75) is 0 Å². The Labute approximate surface area is 142 Å². The van der Waals surface area contributed by atoms with E-state index in [1.54, 1.807) is 12.3 Å². The smallest absolute Gasteiger partial charge is 0.340 e. The zero-order valence-electron chi connectivity index (χ0n) is 10.2. The van der Waals surface area contributed by atoms with Crippen LogP contribution in [0.4, 0.5) is 5.13 Å². The molecular weight excluding hydrogens is 403 g/mol. The monoisotopic (exact) mass is 408 g/mol. The van der Waals surface area contributed by atoms with Crippen molar-refractivity contribution in [1.82, 2.24) is 4.98 Å². The summed E-state index contributed by atoms with van der Waals surface area (Å²) in [6, 6.07) is 4.41. The molecule has 0 aliphatic carbocycles. The fraction of sp³-hybridized carbons (Fsp3) is 0.0833. The van der Waals surface area contributed by atoms with Crippen molar-refractivity contribution in [3.05, 3.63) is 43.8 Å². The van der Waals surface area contributed by atoms with Crippen molar-refractivity contribution in [3.63, 3.8) is 0 Å². The van der Waals surface area contributed by atoms with E-state index in [1.807, 2.05) is 0 Å². The van der Waals surface area contributed by atoms with Crippen LogP contribution in [0, 0.1) is 0 Å². The van der Waals surface area contributed by atoms with Crippen LogP contribution in [0.1, 0.15) is 10.4 Å². The Morgan fingerprint density at radius 2 is 2.14 bits per heavy atom. The number of esters is 1. The van der Waals surface area contributed by atoms with Crippen LogP contribution in [0.5, 0.6) is 0 Å². The molecule has 0 aliphatic rings. The van der Waals surface area contributed by atoms with Crippen LogP contribution in [0.25, 0.3) is 0 Å². The van der Waals surface area contributed by atoms with Gasteiger partial charge in [0, 0.05) is 5.02 Å². The number of thiazole rings is 1. The SMILES string of the molecule is O=C(COC(=O)c1cc(Cl)ccc1Cl)Nc1ncc(Br)s1. The molecule has 2 rings (SSSR count). The third-order valence-electron chi connectivity index (χ3n) is 2.21. The highest BCUT2D eigenvalue weighted by molar-refractivity contribution is 9.11. The van der Waals surface area contributed by atoms with Crippen molar-refractivity contribution in [2.75, 3.05) is 11.9 Å². The first-order chi connectivity index (χ1) is 9.95. The highest BCUT2D eigenvalue weighted by Gasteiger charge is 2.15. The predicted molar refractivity (Wildman–Crippen MR) is 85.2 cm³/mol. The van der Waals surface area contributed by atoms with Crippen LogP contribution in [-0.2, 0) is 9.53 Å². The third kappa shape index (κ3) is 4.67. The molecule has 1 heterocycles. The van der Waals surface area contributed by atoms with Gasteiger partial charge in [-0.3, -0.25) is 10.1 Å². The lowest BCUT2D eigenvalue weighted by Gasteiger charge is -2.06. The van der Waals surface area contributed by atoms with E-state index in [-0.39, 0.29) is 10.6 Å². The maximum Gasteiger partial charge on any atom is 0.340 e. The zero-order chi connectivity index (χ0) is 15.4. The fourth-order valence-corrected chi connectivity index (χ4v) is 2.82. The van der Waals surface area contributed by atoms with Gasteiger partial charge in [0.1, 0.15) is 0 Å². The molecule has 0 aliphatic heterocycles. The Hall–Kier alpha value is -1.15. The molecule has 0 spiro atoms. The molecule has 5 nitrogen and oxygen atoms in total. The first-order valence-electron chi connectivity index (χ1n) is 5.49. The molecule has 2 aromatic rings. The largest absolute Gasteiger partial charge is 0.452 e. The first kappa shape index (κ1) is 16.2. The number of nitrogens with zero attached hydrogens (tertiary/aromatic N) is 1. The number of hydrogen-bond donors (Lipinski definition) is 1. The Balaban J connectivity index is 1.91. The van der Waals surface area contributed by atoms with Gasteiger partial charge in [0.2, 0.25) is 0 Å². The van der Waals surface area contributed by atoms with Crippen LogP contribution in [0.2, 0.25) is 10.0 Å². The number of rotatable bonds is 4. The quantitative estimate of drug-likeness (QED) is 0.774. The van der Waals surface area contributed by atoms with Crippen LogP contribution in [0.15, 0.2) is 28.2 Å². The molecular formula is C12H7BrCl2N2O3S. The number of nitrogens with one attached hydrogen (secondary N) is 1. The number of carbonyl (C=O) groups is 2. The first-order valence-corrected chi connectivity index (χ1v) is 7.85. The van der Waals surface area contributed by atoms with Gasteiger partial charge in [-0.1, -0.05) is 34.5 Å². The van der Waals surface area contributed by atoms with Gasteiger partial charge < -0.3 is 4.74 Å². The number of halogens is 3. The molecule has 21 heavy (non-hydrogen) atoms. The summed E-state index contributed by atoms with van der Waals surface area (Å²) in [4.78, 5) is 27.4. The fourth-order valence-electron chi connectivity index (χ4n) is 1.33. The van der Waals surface area contributed by atoms with Crippen LogP contribution in [0.3, 0.4) is 0 Å². The van der Waals surface area contributed by atoms with Gasteiger partial charge in [-0.2, -0.15) is 0 Å². The van der Waals surface area contributed by atoms with E-state index in [0.717, 1.165) is 3.79 Å². The van der Waals surface area contributed by atoms with Gasteiger partial charge in [-0.15, -0.1) is 0 Å². The van der Waals surface area contributed by atoms with Crippen LogP contribution >= 0.6 is 50.5 Å². The minimum atomic E-state index is -0.724. The number of ether oxygens (including phenoxy) is 1. The summed E-state index contributed by atoms with van der Waals surface area (Å²) >= 11 is 16.1. The number of benzene rings is 1. The van der Waals surface area contributed by atoms with E-state index in [9.17, 15) is 9.59 Å². The maximum atomic E-state index is 11.8. The molecule has 0 saturated carbocycles. The standard InChI is InChI=1S/C12H7BrCl2N2O3S/c13-9-4-16-12(21-9)17-10(18)5-20-11(19)7-3-6(14)1-2-8(7)15/h1-4H,5H2,(H,16,17,18). The Morgan fingerprint density at radius 3 is 2.81 bits per heavy atom. The van der Waals surface area contributed by atoms with Crippen molar-refractivity contribution >= 4 is 67.5 Å². The molecule has 0 saturated heterocycles. The van der Waals surface area contributed by atoms with Crippen molar-refractivity contribution in [1.29, 1.82) is 0 Å². The van der Waals surface area contributed by atoms with E-state index in [2.05, 4.69) is 26.2 Å². The molecule has 0 fully saturated rings. The van der Waals surface area contributed by atoms with Gasteiger partial charge in [0.25, 0.3) is 5.91 Å². The Kier molecular flexibility index (Phi) is 5.58. The topological polar surface area (TPSA) is 68.3 Å². The summed E-state index contributed by atoms with van der Waals surface area (Å²) in [5.74, 6) is -1.22. The minimum absolute atomic E-state index is 0.106. The molecule has 0 bridgehead atoms. The number of carbonyl (C=O) groups excluding carboxylic acids is 2. The normalized spacial score (nSPS) is 10.2. The highest BCUT2D eigenvalue weighted by atomic mass is 79.9. The molecule has 0 radical (unpaired) electrons. The van der Waals surface area contributed by atoms with Gasteiger partial charge in [0.05, 0.1) is 20.6 Å². The van der Waals surface area contributed by atoms with Crippen molar-refractivity contribution in [3.8, 4) is 0 Å². The lowest BCUT2D eigenvalue weighted by atomic mass is 10.2. The third-order valence-corrected chi connectivity index (χ3v) is 4.16. The summed E-state index contributed by atoms with van der Waals surface area (Å²) < 4.78 is 5.65. The summed E-state index contributed by atoms with van der Waals surface area (Å²) in [6.45, 7) is -0.446. The van der Waals surface area contributed by atoms with Gasteiger partial charge in [-0.25, -0.2) is 9.78 Å². The number of amides is 1. The van der Waals surface area contributed by atoms with Gasteiger partial charge in [0.15, 0.2) is 11.7 Å². The summed E-state index contributed by atoms with van der Waals surface area (Å²) in [5, 5.41) is 3.46. The second kappa shape index (κ2) is 7.22. The number of aromatic nitrogens is 1. The second-order valence-electron chi connectivity index (χ2n) is 3.72. The molecule has 0 atom stereocenters. The maximum absolute atomic E-state index is 11.8. The molecule has 1 aromatic carbocycles. The van der Waals surface area contributed by atoms with Crippen LogP contribution in [-0.4, -0.2) is 23.5 Å². The van der Waals surface area contributed by atoms with Gasteiger partial charge in [-0.05, 0) is 34.1 Å². The highest BCUT2D eigenvalue weighted by Crippen LogP contribution is 2.23. The lowest BCUT2D eigenvalue weighted by Crippen LogP contribution is -2.21.